The number of rotatable bonds is 6. The summed E-state index contributed by atoms with van der Waals surface area (Å²) in [5.41, 5.74) is 2.40. The lowest BCUT2D eigenvalue weighted by atomic mass is 10.1. The molecule has 0 spiro atoms. The van der Waals surface area contributed by atoms with E-state index in [2.05, 4.69) is 22.2 Å². The Morgan fingerprint density at radius 1 is 1.30 bits per heavy atom. The molecule has 0 aliphatic carbocycles. The number of carbonyl (C=O) groups is 2. The molecule has 1 aliphatic rings. The maximum Gasteiger partial charge on any atom is 0.408 e. The predicted molar refractivity (Wildman–Crippen MR) is 116 cm³/mol. The predicted octanol–water partition coefficient (Wildman–Crippen LogP) is 4.30. The van der Waals surface area contributed by atoms with Gasteiger partial charge in [-0.3, -0.25) is 9.69 Å². The highest BCUT2D eigenvalue weighted by Crippen LogP contribution is 2.40. The molecule has 1 aliphatic heterocycles. The van der Waals surface area contributed by atoms with Crippen molar-refractivity contribution in [3.8, 4) is 0 Å². The first-order valence-electron chi connectivity index (χ1n) is 10.7. The second-order valence-electron chi connectivity index (χ2n) is 8.71. The highest BCUT2D eigenvalue weighted by atomic mass is 16.6. The number of aromatic amines is 1. The smallest absolute Gasteiger partial charge is 0.408 e. The van der Waals surface area contributed by atoms with Gasteiger partial charge in [0.1, 0.15) is 17.5 Å². The van der Waals surface area contributed by atoms with Crippen molar-refractivity contribution in [1.82, 2.24) is 15.3 Å². The van der Waals surface area contributed by atoms with Crippen LogP contribution in [0, 0.1) is 0 Å². The van der Waals surface area contributed by atoms with Crippen molar-refractivity contribution >= 4 is 17.7 Å². The van der Waals surface area contributed by atoms with E-state index in [1.165, 1.54) is 0 Å². The molecule has 0 saturated carbocycles. The van der Waals surface area contributed by atoms with Crippen molar-refractivity contribution in [3.05, 3.63) is 47.5 Å². The number of carbonyl (C=O) groups excluding carboxylic acids is 2. The van der Waals surface area contributed by atoms with Gasteiger partial charge in [0.15, 0.2) is 0 Å². The number of aromatic nitrogens is 2. The average molecular weight is 413 g/mol. The summed E-state index contributed by atoms with van der Waals surface area (Å²) >= 11 is 0. The fourth-order valence-corrected chi connectivity index (χ4v) is 3.78. The van der Waals surface area contributed by atoms with Crippen LogP contribution in [0.1, 0.15) is 70.6 Å². The van der Waals surface area contributed by atoms with Crippen molar-refractivity contribution in [1.29, 1.82) is 0 Å². The number of nitrogens with one attached hydrogen (secondary N) is 2. The molecule has 1 aromatic carbocycles. The number of ether oxygens (including phenoxy) is 1. The van der Waals surface area contributed by atoms with Crippen molar-refractivity contribution in [3.63, 3.8) is 0 Å². The zero-order valence-electron chi connectivity index (χ0n) is 18.5. The first kappa shape index (κ1) is 21.9. The van der Waals surface area contributed by atoms with Crippen LogP contribution < -0.4 is 10.2 Å². The van der Waals surface area contributed by atoms with Crippen LogP contribution >= 0.6 is 0 Å². The minimum Gasteiger partial charge on any atom is -0.444 e. The number of nitrogens with zero attached hydrogens (tertiary/aromatic N) is 2. The zero-order valence-corrected chi connectivity index (χ0v) is 18.5. The van der Waals surface area contributed by atoms with Gasteiger partial charge >= 0.3 is 6.09 Å². The maximum absolute atomic E-state index is 13.6. The Balaban J connectivity index is 1.87. The molecule has 7 heteroatoms. The molecule has 2 amide bonds. The number of hydrogen-bond donors (Lipinski definition) is 2. The summed E-state index contributed by atoms with van der Waals surface area (Å²) in [6.07, 6.45) is 4.34. The van der Waals surface area contributed by atoms with E-state index in [0.29, 0.717) is 12.8 Å². The third-order valence-electron chi connectivity index (χ3n) is 5.09. The van der Waals surface area contributed by atoms with Gasteiger partial charge in [-0.1, -0.05) is 38.5 Å². The van der Waals surface area contributed by atoms with E-state index in [1.54, 1.807) is 25.7 Å². The van der Waals surface area contributed by atoms with E-state index in [-0.39, 0.29) is 11.9 Å². The van der Waals surface area contributed by atoms with Crippen LogP contribution in [0.5, 0.6) is 0 Å². The molecule has 0 radical (unpaired) electrons. The number of alkyl carbamates (subject to hydrolysis) is 1. The monoisotopic (exact) mass is 412 g/mol. The molecule has 2 N–H and O–H groups in total. The lowest BCUT2D eigenvalue weighted by molar-refractivity contribution is -0.121. The van der Waals surface area contributed by atoms with Gasteiger partial charge in [0.2, 0.25) is 5.91 Å². The second-order valence-corrected chi connectivity index (χ2v) is 8.71. The van der Waals surface area contributed by atoms with E-state index >= 15 is 0 Å². The van der Waals surface area contributed by atoms with Crippen molar-refractivity contribution < 1.29 is 14.3 Å². The van der Waals surface area contributed by atoms with E-state index in [1.807, 2.05) is 37.4 Å². The Morgan fingerprint density at radius 2 is 2.03 bits per heavy atom. The van der Waals surface area contributed by atoms with Gasteiger partial charge in [-0.05, 0) is 45.2 Å². The first-order valence-corrected chi connectivity index (χ1v) is 10.7. The van der Waals surface area contributed by atoms with Crippen molar-refractivity contribution in [2.24, 2.45) is 0 Å². The normalized spacial score (nSPS) is 16.8. The molecular weight excluding hydrogens is 380 g/mol. The van der Waals surface area contributed by atoms with Gasteiger partial charge < -0.3 is 15.0 Å². The number of aryl methyl sites for hydroxylation is 1. The molecule has 30 heavy (non-hydrogen) atoms. The van der Waals surface area contributed by atoms with E-state index in [4.69, 9.17) is 4.74 Å². The van der Waals surface area contributed by atoms with Crippen LogP contribution in [0.15, 0.2) is 30.5 Å². The second kappa shape index (κ2) is 8.90. The SMILES string of the molecule is CCCc1cnc([C@@H]2Cc3ccccc3N2C(=O)[C@@H](CC)NC(=O)OC(C)(C)C)[nH]1. The zero-order chi connectivity index (χ0) is 21.9. The average Bonchev–Trinajstić information content (AvgIpc) is 3.28. The summed E-state index contributed by atoms with van der Waals surface area (Å²) in [6, 6.07) is 6.98. The van der Waals surface area contributed by atoms with E-state index < -0.39 is 17.7 Å². The number of hydrogen-bond acceptors (Lipinski definition) is 4. The van der Waals surface area contributed by atoms with Crippen LogP contribution in [0.2, 0.25) is 0 Å². The molecule has 1 aromatic heterocycles. The van der Waals surface area contributed by atoms with Crippen LogP contribution in [-0.2, 0) is 22.4 Å². The minimum absolute atomic E-state index is 0.160. The van der Waals surface area contributed by atoms with Gasteiger partial charge in [0.25, 0.3) is 0 Å². The van der Waals surface area contributed by atoms with Crippen LogP contribution in [0.25, 0.3) is 0 Å². The Bertz CT molecular complexity index is 900. The van der Waals surface area contributed by atoms with Gasteiger partial charge in [0.05, 0.1) is 6.04 Å². The van der Waals surface area contributed by atoms with E-state index in [0.717, 1.165) is 35.6 Å². The number of fused-ring (bicyclic) bond motifs is 1. The Morgan fingerprint density at radius 3 is 2.70 bits per heavy atom. The number of imidazole rings is 1. The molecule has 2 heterocycles. The molecule has 2 aromatic rings. The molecular formula is C23H32N4O3. The summed E-state index contributed by atoms with van der Waals surface area (Å²) < 4.78 is 5.35. The lowest BCUT2D eigenvalue weighted by Crippen LogP contribution is -2.50. The van der Waals surface area contributed by atoms with Crippen LogP contribution in [-0.4, -0.2) is 33.6 Å². The lowest BCUT2D eigenvalue weighted by Gasteiger charge is -2.29. The third-order valence-corrected chi connectivity index (χ3v) is 5.09. The topological polar surface area (TPSA) is 87.3 Å². The van der Waals surface area contributed by atoms with Gasteiger partial charge in [0, 0.05) is 24.0 Å². The Labute approximate surface area is 178 Å². The summed E-state index contributed by atoms with van der Waals surface area (Å²) in [5.74, 6) is 0.613. The number of para-hydroxylation sites is 1. The Kier molecular flexibility index (Phi) is 6.48. The number of benzene rings is 1. The molecule has 0 unspecified atom stereocenters. The standard InChI is InChI=1S/C23H32N4O3/c1-6-10-16-14-24-20(25-16)19-13-15-11-8-9-12-18(15)27(19)21(28)17(7-2)26-22(29)30-23(3,4)5/h8-9,11-12,14,17,19H,6-7,10,13H2,1-5H3,(H,24,25)(H,26,29)/t17-,19+/m1/s1. The summed E-state index contributed by atoms with van der Waals surface area (Å²) in [4.78, 5) is 35.6. The third kappa shape index (κ3) is 4.83. The maximum atomic E-state index is 13.6. The van der Waals surface area contributed by atoms with Gasteiger partial charge in [-0.15, -0.1) is 0 Å². The van der Waals surface area contributed by atoms with Gasteiger partial charge in [-0.25, -0.2) is 9.78 Å². The van der Waals surface area contributed by atoms with Crippen LogP contribution in [0.4, 0.5) is 10.5 Å². The minimum atomic E-state index is -0.682. The van der Waals surface area contributed by atoms with Crippen molar-refractivity contribution in [2.45, 2.75) is 78.0 Å². The molecule has 3 rings (SSSR count). The molecule has 162 valence electrons. The van der Waals surface area contributed by atoms with Crippen LogP contribution in [0.3, 0.4) is 0 Å². The molecule has 0 fully saturated rings. The van der Waals surface area contributed by atoms with Gasteiger partial charge in [-0.2, -0.15) is 0 Å². The summed E-state index contributed by atoms with van der Waals surface area (Å²) in [7, 11) is 0. The molecule has 0 bridgehead atoms. The Hall–Kier alpha value is -2.83. The highest BCUT2D eigenvalue weighted by molar-refractivity contribution is 6.01. The summed E-state index contributed by atoms with van der Waals surface area (Å²) in [5, 5.41) is 2.75. The quantitative estimate of drug-likeness (QED) is 0.741. The number of H-pyrrole nitrogens is 1. The van der Waals surface area contributed by atoms with E-state index in [9.17, 15) is 9.59 Å². The number of anilines is 1. The van der Waals surface area contributed by atoms with Crippen molar-refractivity contribution in [2.75, 3.05) is 4.90 Å². The highest BCUT2D eigenvalue weighted by Gasteiger charge is 2.39. The molecule has 7 nitrogen and oxygen atoms in total. The fraction of sp³-hybridized carbons (Fsp3) is 0.522. The number of amides is 2. The first-order chi connectivity index (χ1) is 14.2. The largest absolute Gasteiger partial charge is 0.444 e. The summed E-state index contributed by atoms with van der Waals surface area (Å²) in [6.45, 7) is 9.39. The molecule has 0 saturated heterocycles. The molecule has 2 atom stereocenters. The fourth-order valence-electron chi connectivity index (χ4n) is 3.78.